The van der Waals surface area contributed by atoms with Crippen molar-refractivity contribution >= 4 is 34.2 Å². The third-order valence-electron chi connectivity index (χ3n) is 6.43. The smallest absolute Gasteiger partial charge is 0.246 e. The minimum atomic E-state index is -0.204. The maximum Gasteiger partial charge on any atom is 0.246 e. The van der Waals surface area contributed by atoms with E-state index in [1.807, 2.05) is 80.1 Å². The highest BCUT2D eigenvalue weighted by Gasteiger charge is 2.19. The van der Waals surface area contributed by atoms with Crippen LogP contribution in [0.4, 0.5) is 5.69 Å². The Bertz CT molecular complexity index is 1600. The molecule has 0 aliphatic carbocycles. The predicted molar refractivity (Wildman–Crippen MR) is 145 cm³/mol. The molecule has 1 N–H and O–H groups in total. The topological polar surface area (TPSA) is 86.9 Å². The summed E-state index contributed by atoms with van der Waals surface area (Å²) in [5.74, 6) is 0.587. The molecule has 0 bridgehead atoms. The first-order valence-electron chi connectivity index (χ1n) is 11.9. The van der Waals surface area contributed by atoms with E-state index in [1.54, 1.807) is 18.0 Å². The molecule has 8 nitrogen and oxygen atoms in total. The number of rotatable bonds is 7. The van der Waals surface area contributed by atoms with E-state index in [1.165, 1.54) is 0 Å². The van der Waals surface area contributed by atoms with E-state index in [2.05, 4.69) is 20.5 Å². The second-order valence-electron chi connectivity index (χ2n) is 8.87. The fourth-order valence-corrected chi connectivity index (χ4v) is 4.73. The molecule has 0 spiro atoms. The normalized spacial score (nSPS) is 11.2. The number of aryl methyl sites for hydroxylation is 2. The van der Waals surface area contributed by atoms with Gasteiger partial charge in [-0.05, 0) is 61.7 Å². The Morgan fingerprint density at radius 3 is 2.43 bits per heavy atom. The molecule has 3 aromatic heterocycles. The molecular weight excluding hydrogens is 488 g/mol. The summed E-state index contributed by atoms with van der Waals surface area (Å²) in [5.41, 5.74) is 6.74. The van der Waals surface area contributed by atoms with E-state index >= 15 is 0 Å². The lowest BCUT2D eigenvalue weighted by atomic mass is 10.0. The number of amides is 1. The van der Waals surface area contributed by atoms with Gasteiger partial charge in [-0.1, -0.05) is 41.9 Å². The SMILES string of the molecule is COc1ccc(-c2ccnc3c2c(C)nn3CC(=O)Nc2c(C)nn(Cc3ccccc3Cl)c2C)cc1. The summed E-state index contributed by atoms with van der Waals surface area (Å²) in [5, 5.41) is 13.9. The van der Waals surface area contributed by atoms with Crippen molar-refractivity contribution in [1.82, 2.24) is 24.5 Å². The summed E-state index contributed by atoms with van der Waals surface area (Å²) in [6.07, 6.45) is 1.74. The predicted octanol–water partition coefficient (Wildman–Crippen LogP) is 5.57. The van der Waals surface area contributed by atoms with Gasteiger partial charge < -0.3 is 10.1 Å². The zero-order valence-corrected chi connectivity index (χ0v) is 21.9. The van der Waals surface area contributed by atoms with E-state index in [0.717, 1.165) is 44.9 Å². The lowest BCUT2D eigenvalue weighted by Gasteiger charge is -2.09. The van der Waals surface area contributed by atoms with Gasteiger partial charge in [-0.15, -0.1) is 0 Å². The summed E-state index contributed by atoms with van der Waals surface area (Å²) in [7, 11) is 1.64. The van der Waals surface area contributed by atoms with Crippen LogP contribution in [0, 0.1) is 20.8 Å². The Kier molecular flexibility index (Phi) is 6.67. The van der Waals surface area contributed by atoms with Crippen LogP contribution in [0.5, 0.6) is 5.75 Å². The number of ether oxygens (including phenoxy) is 1. The maximum absolute atomic E-state index is 13.1. The summed E-state index contributed by atoms with van der Waals surface area (Å²) < 4.78 is 8.78. The molecule has 37 heavy (non-hydrogen) atoms. The van der Waals surface area contributed by atoms with E-state index in [-0.39, 0.29) is 12.5 Å². The van der Waals surface area contributed by atoms with Crippen LogP contribution in [0.2, 0.25) is 5.02 Å². The van der Waals surface area contributed by atoms with Crippen LogP contribution in [-0.4, -0.2) is 37.6 Å². The third kappa shape index (κ3) is 4.80. The van der Waals surface area contributed by atoms with E-state index < -0.39 is 0 Å². The molecule has 1 amide bonds. The number of carbonyl (C=O) groups excluding carboxylic acids is 1. The van der Waals surface area contributed by atoms with Crippen LogP contribution >= 0.6 is 11.6 Å². The standard InChI is InChI=1S/C28H27ClN6O2/c1-17-26-23(20-9-11-22(37-4)12-10-20)13-14-30-28(26)35(32-17)16-25(36)31-27-18(2)33-34(19(27)3)15-21-7-5-6-8-24(21)29/h5-14H,15-16H2,1-4H3,(H,31,36). The quantitative estimate of drug-likeness (QED) is 0.307. The third-order valence-corrected chi connectivity index (χ3v) is 6.79. The minimum Gasteiger partial charge on any atom is -0.497 e. The van der Waals surface area contributed by atoms with Crippen LogP contribution in [0.25, 0.3) is 22.2 Å². The monoisotopic (exact) mass is 514 g/mol. The number of fused-ring (bicyclic) bond motifs is 1. The van der Waals surface area contributed by atoms with Gasteiger partial charge in [-0.25, -0.2) is 9.67 Å². The Morgan fingerprint density at radius 1 is 0.973 bits per heavy atom. The Labute approximate surface area is 219 Å². The summed E-state index contributed by atoms with van der Waals surface area (Å²) in [6.45, 7) is 6.28. The highest BCUT2D eigenvalue weighted by Crippen LogP contribution is 2.31. The van der Waals surface area contributed by atoms with Gasteiger partial charge in [0.1, 0.15) is 12.3 Å². The van der Waals surface area contributed by atoms with Gasteiger partial charge in [0.2, 0.25) is 5.91 Å². The number of hydrogen-bond donors (Lipinski definition) is 1. The first-order valence-corrected chi connectivity index (χ1v) is 12.3. The average molecular weight is 515 g/mol. The summed E-state index contributed by atoms with van der Waals surface area (Å²) >= 11 is 6.33. The van der Waals surface area contributed by atoms with Gasteiger partial charge in [0.05, 0.1) is 36.4 Å². The van der Waals surface area contributed by atoms with Gasteiger partial charge in [-0.2, -0.15) is 10.2 Å². The number of hydrogen-bond acceptors (Lipinski definition) is 5. The number of nitrogens with one attached hydrogen (secondary N) is 1. The summed E-state index contributed by atoms with van der Waals surface area (Å²) in [4.78, 5) is 17.7. The minimum absolute atomic E-state index is 0.0258. The molecule has 0 radical (unpaired) electrons. The van der Waals surface area contributed by atoms with Crippen LogP contribution in [-0.2, 0) is 17.9 Å². The van der Waals surface area contributed by atoms with Gasteiger partial charge in [-0.3, -0.25) is 9.48 Å². The van der Waals surface area contributed by atoms with Crippen molar-refractivity contribution in [2.45, 2.75) is 33.9 Å². The molecule has 5 rings (SSSR count). The van der Waals surface area contributed by atoms with Crippen LogP contribution in [0.15, 0.2) is 60.8 Å². The molecule has 3 heterocycles. The highest BCUT2D eigenvalue weighted by atomic mass is 35.5. The van der Waals surface area contributed by atoms with Gasteiger partial charge >= 0.3 is 0 Å². The van der Waals surface area contributed by atoms with Crippen LogP contribution in [0.3, 0.4) is 0 Å². The molecule has 0 atom stereocenters. The van der Waals surface area contributed by atoms with E-state index in [9.17, 15) is 4.79 Å². The van der Waals surface area contributed by atoms with Crippen molar-refractivity contribution in [2.24, 2.45) is 0 Å². The first-order chi connectivity index (χ1) is 17.9. The maximum atomic E-state index is 13.1. The summed E-state index contributed by atoms with van der Waals surface area (Å²) in [6, 6.07) is 17.5. The van der Waals surface area contributed by atoms with Crippen molar-refractivity contribution < 1.29 is 9.53 Å². The Hall–Kier alpha value is -4.17. The molecule has 0 saturated heterocycles. The fourth-order valence-electron chi connectivity index (χ4n) is 4.54. The molecular formula is C28H27ClN6O2. The number of aromatic nitrogens is 5. The molecule has 9 heteroatoms. The van der Waals surface area contributed by atoms with Crippen LogP contribution < -0.4 is 10.1 Å². The van der Waals surface area contributed by atoms with Crippen molar-refractivity contribution in [3.8, 4) is 16.9 Å². The zero-order valence-electron chi connectivity index (χ0n) is 21.1. The number of halogens is 1. The zero-order chi connectivity index (χ0) is 26.1. The second-order valence-corrected chi connectivity index (χ2v) is 9.28. The van der Waals surface area contributed by atoms with E-state index in [4.69, 9.17) is 16.3 Å². The molecule has 0 saturated carbocycles. The highest BCUT2D eigenvalue weighted by molar-refractivity contribution is 6.31. The van der Waals surface area contributed by atoms with Gasteiger partial charge in [0.15, 0.2) is 5.65 Å². The molecule has 0 aliphatic heterocycles. The lowest BCUT2D eigenvalue weighted by molar-refractivity contribution is -0.116. The van der Waals surface area contributed by atoms with E-state index in [0.29, 0.717) is 22.9 Å². The molecule has 0 aliphatic rings. The number of carbonyl (C=O) groups is 1. The van der Waals surface area contributed by atoms with Crippen molar-refractivity contribution in [2.75, 3.05) is 12.4 Å². The molecule has 0 unspecified atom stereocenters. The Balaban J connectivity index is 1.39. The number of benzene rings is 2. The Morgan fingerprint density at radius 2 is 1.70 bits per heavy atom. The number of pyridine rings is 1. The first kappa shape index (κ1) is 24.5. The van der Waals surface area contributed by atoms with Gasteiger partial charge in [0.25, 0.3) is 0 Å². The van der Waals surface area contributed by atoms with Gasteiger partial charge in [0, 0.05) is 16.6 Å². The van der Waals surface area contributed by atoms with Crippen LogP contribution in [0.1, 0.15) is 22.6 Å². The molecule has 2 aromatic carbocycles. The number of nitrogens with zero attached hydrogens (tertiary/aromatic N) is 5. The lowest BCUT2D eigenvalue weighted by Crippen LogP contribution is -2.20. The number of anilines is 1. The molecule has 188 valence electrons. The van der Waals surface area contributed by atoms with Crippen molar-refractivity contribution in [3.05, 3.63) is 88.5 Å². The largest absolute Gasteiger partial charge is 0.497 e. The average Bonchev–Trinajstić information content (AvgIpc) is 3.35. The molecule has 5 aromatic rings. The van der Waals surface area contributed by atoms with Crippen molar-refractivity contribution in [3.63, 3.8) is 0 Å². The molecule has 0 fully saturated rings. The second kappa shape index (κ2) is 10.1. The van der Waals surface area contributed by atoms with Crippen molar-refractivity contribution in [1.29, 1.82) is 0 Å². The number of methoxy groups -OCH3 is 1. The fraction of sp³-hybridized carbons (Fsp3) is 0.214.